The van der Waals surface area contributed by atoms with Crippen LogP contribution in [-0.4, -0.2) is 19.8 Å². The fourth-order valence-corrected chi connectivity index (χ4v) is 2.16. The minimum atomic E-state index is -0.176. The summed E-state index contributed by atoms with van der Waals surface area (Å²) in [6, 6.07) is 7.00. The molecule has 1 aromatic carbocycles. The predicted octanol–water partition coefficient (Wildman–Crippen LogP) is 2.90. The van der Waals surface area contributed by atoms with Gasteiger partial charge in [-0.2, -0.15) is 0 Å². The third-order valence-electron chi connectivity index (χ3n) is 3.42. The molecule has 1 aliphatic heterocycles. The molecule has 0 saturated carbocycles. The van der Waals surface area contributed by atoms with E-state index in [2.05, 4.69) is 12.2 Å². The van der Waals surface area contributed by atoms with E-state index in [1.807, 2.05) is 12.1 Å². The molecule has 1 aliphatic rings. The van der Waals surface area contributed by atoms with E-state index >= 15 is 0 Å². The summed E-state index contributed by atoms with van der Waals surface area (Å²) in [6.07, 6.45) is 2.28. The number of nitrogens with one attached hydrogen (secondary N) is 1. The first-order valence-corrected chi connectivity index (χ1v) is 6.32. The first-order valence-electron chi connectivity index (χ1n) is 6.32. The highest BCUT2D eigenvalue weighted by Gasteiger charge is 2.14. The van der Waals surface area contributed by atoms with Crippen LogP contribution in [0.5, 0.6) is 0 Å². The lowest BCUT2D eigenvalue weighted by Crippen LogP contribution is -2.29. The van der Waals surface area contributed by atoms with Crippen LogP contribution in [0.25, 0.3) is 0 Å². The van der Waals surface area contributed by atoms with Crippen LogP contribution in [0.1, 0.15) is 31.4 Å². The Labute approximate surface area is 102 Å². The van der Waals surface area contributed by atoms with Crippen molar-refractivity contribution < 1.29 is 9.13 Å². The van der Waals surface area contributed by atoms with Crippen LogP contribution < -0.4 is 5.32 Å². The van der Waals surface area contributed by atoms with Crippen LogP contribution in [0.4, 0.5) is 4.39 Å². The maximum absolute atomic E-state index is 12.8. The van der Waals surface area contributed by atoms with Gasteiger partial charge in [0.1, 0.15) is 5.82 Å². The van der Waals surface area contributed by atoms with E-state index in [-0.39, 0.29) is 11.9 Å². The van der Waals surface area contributed by atoms with E-state index in [4.69, 9.17) is 4.74 Å². The van der Waals surface area contributed by atoms with Crippen molar-refractivity contribution in [1.82, 2.24) is 5.32 Å². The van der Waals surface area contributed by atoms with Gasteiger partial charge in [-0.1, -0.05) is 12.1 Å². The molecule has 1 aromatic rings. The summed E-state index contributed by atoms with van der Waals surface area (Å²) in [5.41, 5.74) is 1.14. The zero-order chi connectivity index (χ0) is 12.1. The van der Waals surface area contributed by atoms with Crippen LogP contribution in [-0.2, 0) is 4.74 Å². The van der Waals surface area contributed by atoms with E-state index in [1.54, 1.807) is 0 Å². The molecule has 1 heterocycles. The molecule has 1 atom stereocenters. The highest BCUT2D eigenvalue weighted by Crippen LogP contribution is 2.17. The largest absolute Gasteiger partial charge is 0.381 e. The molecule has 1 fully saturated rings. The standard InChI is InChI=1S/C14H20FNO/c1-11(13-2-4-14(15)5-3-13)16-10-12-6-8-17-9-7-12/h2-5,11-12,16H,6-10H2,1H3/t11-/m0/s1. The van der Waals surface area contributed by atoms with Gasteiger partial charge in [0.15, 0.2) is 0 Å². The lowest BCUT2D eigenvalue weighted by molar-refractivity contribution is 0.0656. The summed E-state index contributed by atoms with van der Waals surface area (Å²) in [7, 11) is 0. The van der Waals surface area contributed by atoms with Crippen molar-refractivity contribution in [1.29, 1.82) is 0 Å². The number of benzene rings is 1. The van der Waals surface area contributed by atoms with Crippen molar-refractivity contribution in [3.63, 3.8) is 0 Å². The van der Waals surface area contributed by atoms with E-state index < -0.39 is 0 Å². The Kier molecular flexibility index (Phi) is 4.51. The maximum atomic E-state index is 12.8. The van der Waals surface area contributed by atoms with Gasteiger partial charge in [0, 0.05) is 19.3 Å². The average Bonchev–Trinajstić information content (AvgIpc) is 2.38. The van der Waals surface area contributed by atoms with Crippen molar-refractivity contribution in [2.24, 2.45) is 5.92 Å². The summed E-state index contributed by atoms with van der Waals surface area (Å²) in [5.74, 6) is 0.539. The Morgan fingerprint density at radius 2 is 1.94 bits per heavy atom. The molecule has 0 aliphatic carbocycles. The SMILES string of the molecule is C[C@H](NCC1CCOCC1)c1ccc(F)cc1. The lowest BCUT2D eigenvalue weighted by Gasteiger charge is -2.24. The van der Waals surface area contributed by atoms with Crippen LogP contribution in [0.15, 0.2) is 24.3 Å². The molecule has 3 heteroatoms. The Morgan fingerprint density at radius 3 is 2.59 bits per heavy atom. The summed E-state index contributed by atoms with van der Waals surface area (Å²) in [5, 5.41) is 3.51. The summed E-state index contributed by atoms with van der Waals surface area (Å²) >= 11 is 0. The van der Waals surface area contributed by atoms with Gasteiger partial charge in [0.05, 0.1) is 0 Å². The average molecular weight is 237 g/mol. The van der Waals surface area contributed by atoms with Crippen LogP contribution in [0, 0.1) is 11.7 Å². The molecule has 2 nitrogen and oxygen atoms in total. The minimum Gasteiger partial charge on any atom is -0.381 e. The zero-order valence-corrected chi connectivity index (χ0v) is 10.3. The number of ether oxygens (including phenoxy) is 1. The summed E-state index contributed by atoms with van der Waals surface area (Å²) in [4.78, 5) is 0. The molecule has 0 aromatic heterocycles. The summed E-state index contributed by atoms with van der Waals surface area (Å²) < 4.78 is 18.1. The number of hydrogen-bond acceptors (Lipinski definition) is 2. The molecule has 0 bridgehead atoms. The Morgan fingerprint density at radius 1 is 1.29 bits per heavy atom. The van der Waals surface area contributed by atoms with Crippen LogP contribution in [0.2, 0.25) is 0 Å². The number of hydrogen-bond donors (Lipinski definition) is 1. The van der Waals surface area contributed by atoms with Crippen LogP contribution >= 0.6 is 0 Å². The van der Waals surface area contributed by atoms with Crippen LogP contribution in [0.3, 0.4) is 0 Å². The fraction of sp³-hybridized carbons (Fsp3) is 0.571. The van der Waals surface area contributed by atoms with Crippen molar-refractivity contribution in [2.75, 3.05) is 19.8 Å². The topological polar surface area (TPSA) is 21.3 Å². The number of rotatable bonds is 4. The van der Waals surface area contributed by atoms with E-state index in [0.29, 0.717) is 5.92 Å². The molecule has 0 unspecified atom stereocenters. The normalized spacial score (nSPS) is 19.2. The van der Waals surface area contributed by atoms with Crippen molar-refractivity contribution in [3.8, 4) is 0 Å². The highest BCUT2D eigenvalue weighted by molar-refractivity contribution is 5.19. The van der Waals surface area contributed by atoms with Gasteiger partial charge in [-0.05, 0) is 49.9 Å². The van der Waals surface area contributed by atoms with Gasteiger partial charge < -0.3 is 10.1 Å². The Bertz CT molecular complexity index is 333. The molecular formula is C14H20FNO. The molecule has 0 spiro atoms. The quantitative estimate of drug-likeness (QED) is 0.869. The Balaban J connectivity index is 1.80. The van der Waals surface area contributed by atoms with E-state index in [9.17, 15) is 4.39 Å². The second kappa shape index (κ2) is 6.12. The molecule has 17 heavy (non-hydrogen) atoms. The van der Waals surface area contributed by atoms with Gasteiger partial charge in [0.25, 0.3) is 0 Å². The van der Waals surface area contributed by atoms with Crippen molar-refractivity contribution in [2.45, 2.75) is 25.8 Å². The minimum absolute atomic E-state index is 0.176. The first-order chi connectivity index (χ1) is 8.25. The monoisotopic (exact) mass is 237 g/mol. The van der Waals surface area contributed by atoms with Crippen molar-refractivity contribution >= 4 is 0 Å². The maximum Gasteiger partial charge on any atom is 0.123 e. The molecule has 2 rings (SSSR count). The predicted molar refractivity (Wildman–Crippen MR) is 66.4 cm³/mol. The Hall–Kier alpha value is -0.930. The smallest absolute Gasteiger partial charge is 0.123 e. The molecule has 0 radical (unpaired) electrons. The van der Waals surface area contributed by atoms with Gasteiger partial charge in [-0.25, -0.2) is 4.39 Å². The van der Waals surface area contributed by atoms with E-state index in [0.717, 1.165) is 38.2 Å². The molecule has 1 N–H and O–H groups in total. The van der Waals surface area contributed by atoms with E-state index in [1.165, 1.54) is 12.1 Å². The van der Waals surface area contributed by atoms with Gasteiger partial charge in [0.2, 0.25) is 0 Å². The van der Waals surface area contributed by atoms with Crippen molar-refractivity contribution in [3.05, 3.63) is 35.6 Å². The van der Waals surface area contributed by atoms with Gasteiger partial charge in [-0.15, -0.1) is 0 Å². The molecular weight excluding hydrogens is 217 g/mol. The second-order valence-electron chi connectivity index (χ2n) is 4.74. The lowest BCUT2D eigenvalue weighted by atomic mass is 9.99. The fourth-order valence-electron chi connectivity index (χ4n) is 2.16. The van der Waals surface area contributed by atoms with Gasteiger partial charge in [-0.3, -0.25) is 0 Å². The second-order valence-corrected chi connectivity index (χ2v) is 4.74. The first kappa shape index (κ1) is 12.5. The molecule has 0 amide bonds. The third-order valence-corrected chi connectivity index (χ3v) is 3.42. The number of halogens is 1. The third kappa shape index (κ3) is 3.79. The zero-order valence-electron chi connectivity index (χ0n) is 10.3. The molecule has 1 saturated heterocycles. The van der Waals surface area contributed by atoms with Gasteiger partial charge >= 0.3 is 0 Å². The molecule has 94 valence electrons. The summed E-state index contributed by atoms with van der Waals surface area (Å²) in [6.45, 7) is 4.91. The highest BCUT2D eigenvalue weighted by atomic mass is 19.1.